The van der Waals surface area contributed by atoms with E-state index in [1.54, 1.807) is 17.5 Å². The van der Waals surface area contributed by atoms with Crippen LogP contribution in [0, 0.1) is 11.8 Å². The van der Waals surface area contributed by atoms with Crippen LogP contribution in [0.4, 0.5) is 5.69 Å². The van der Waals surface area contributed by atoms with Crippen LogP contribution in [0.15, 0.2) is 35.8 Å². The summed E-state index contributed by atoms with van der Waals surface area (Å²) < 4.78 is 0. The number of carbonyl (C=O) groups is 1. The smallest absolute Gasteiger partial charge is 0.227 e. The van der Waals surface area contributed by atoms with Crippen LogP contribution in [0.5, 0.6) is 0 Å². The molecule has 18 heavy (non-hydrogen) atoms. The van der Waals surface area contributed by atoms with Crippen LogP contribution >= 0.6 is 11.3 Å². The van der Waals surface area contributed by atoms with E-state index in [0.717, 1.165) is 22.7 Å². The van der Waals surface area contributed by atoms with Gasteiger partial charge in [0.25, 0.3) is 0 Å². The van der Waals surface area contributed by atoms with Crippen LogP contribution in [-0.4, -0.2) is 10.9 Å². The van der Waals surface area contributed by atoms with Crippen molar-refractivity contribution >= 4 is 22.9 Å². The lowest BCUT2D eigenvalue weighted by Crippen LogP contribution is -2.14. The molecular weight excluding hydrogens is 244 g/mol. The van der Waals surface area contributed by atoms with Crippen molar-refractivity contribution in [1.29, 1.82) is 0 Å². The molecule has 0 saturated heterocycles. The number of anilines is 1. The fraction of sp³-hybridized carbons (Fsp3) is 0.286. The van der Waals surface area contributed by atoms with Gasteiger partial charge < -0.3 is 5.32 Å². The molecule has 1 heterocycles. The van der Waals surface area contributed by atoms with Gasteiger partial charge in [-0.2, -0.15) is 0 Å². The van der Waals surface area contributed by atoms with Gasteiger partial charge in [-0.25, -0.2) is 4.98 Å². The predicted molar refractivity (Wildman–Crippen MR) is 73.5 cm³/mol. The van der Waals surface area contributed by atoms with Crippen molar-refractivity contribution in [2.24, 2.45) is 11.8 Å². The minimum Gasteiger partial charge on any atom is -0.326 e. The van der Waals surface area contributed by atoms with Gasteiger partial charge in [0, 0.05) is 28.7 Å². The van der Waals surface area contributed by atoms with Gasteiger partial charge in [-0.3, -0.25) is 4.79 Å². The van der Waals surface area contributed by atoms with Crippen molar-refractivity contribution in [2.45, 2.75) is 13.3 Å². The maximum Gasteiger partial charge on any atom is 0.227 e. The first-order valence-electron chi connectivity index (χ1n) is 6.05. The Kier molecular flexibility index (Phi) is 2.88. The second-order valence-electron chi connectivity index (χ2n) is 4.72. The molecule has 1 N–H and O–H groups in total. The second kappa shape index (κ2) is 4.53. The molecule has 1 aliphatic carbocycles. The molecule has 2 unspecified atom stereocenters. The van der Waals surface area contributed by atoms with Gasteiger partial charge in [-0.05, 0) is 36.6 Å². The van der Waals surface area contributed by atoms with Gasteiger partial charge in [-0.15, -0.1) is 11.3 Å². The highest BCUT2D eigenvalue weighted by atomic mass is 32.1. The summed E-state index contributed by atoms with van der Waals surface area (Å²) in [6, 6.07) is 7.85. The van der Waals surface area contributed by atoms with Crippen molar-refractivity contribution in [3.63, 3.8) is 0 Å². The Hall–Kier alpha value is -1.68. The maximum atomic E-state index is 11.8. The summed E-state index contributed by atoms with van der Waals surface area (Å²) >= 11 is 1.61. The van der Waals surface area contributed by atoms with Gasteiger partial charge in [-0.1, -0.05) is 6.92 Å². The summed E-state index contributed by atoms with van der Waals surface area (Å²) in [5.74, 6) is 0.896. The Labute approximate surface area is 110 Å². The maximum absolute atomic E-state index is 11.8. The van der Waals surface area contributed by atoms with Crippen LogP contribution < -0.4 is 5.32 Å². The average Bonchev–Trinajstić information content (AvgIpc) is 2.91. The molecule has 1 saturated carbocycles. The van der Waals surface area contributed by atoms with E-state index in [0.29, 0.717) is 5.92 Å². The molecule has 3 rings (SSSR count). The zero-order valence-electron chi connectivity index (χ0n) is 10.1. The Morgan fingerprint density at radius 2 is 2.11 bits per heavy atom. The quantitative estimate of drug-likeness (QED) is 0.916. The molecule has 0 spiro atoms. The molecule has 1 aromatic carbocycles. The van der Waals surface area contributed by atoms with Crippen molar-refractivity contribution < 1.29 is 4.79 Å². The van der Waals surface area contributed by atoms with Crippen LogP contribution in [0.3, 0.4) is 0 Å². The molecule has 4 heteroatoms. The van der Waals surface area contributed by atoms with Crippen LogP contribution in [0.25, 0.3) is 10.6 Å². The van der Waals surface area contributed by atoms with E-state index in [1.165, 1.54) is 0 Å². The van der Waals surface area contributed by atoms with Crippen LogP contribution in [-0.2, 0) is 4.79 Å². The standard InChI is InChI=1S/C14H14N2OS/c1-9-8-12(9)13(17)16-11-4-2-10(3-5-11)14-15-6-7-18-14/h2-7,9,12H,8H2,1H3,(H,16,17). The lowest BCUT2D eigenvalue weighted by Gasteiger charge is -2.05. The summed E-state index contributed by atoms with van der Waals surface area (Å²) in [7, 11) is 0. The van der Waals surface area contributed by atoms with E-state index in [1.807, 2.05) is 29.6 Å². The van der Waals surface area contributed by atoms with Gasteiger partial charge in [0.2, 0.25) is 5.91 Å². The number of benzene rings is 1. The van der Waals surface area contributed by atoms with Crippen molar-refractivity contribution in [3.8, 4) is 10.6 Å². The fourth-order valence-electron chi connectivity index (χ4n) is 1.98. The highest BCUT2D eigenvalue weighted by molar-refractivity contribution is 7.13. The summed E-state index contributed by atoms with van der Waals surface area (Å²) in [5.41, 5.74) is 1.95. The number of nitrogens with zero attached hydrogens (tertiary/aromatic N) is 1. The van der Waals surface area contributed by atoms with Gasteiger partial charge in [0.15, 0.2) is 0 Å². The Bertz CT molecular complexity index is 548. The van der Waals surface area contributed by atoms with Gasteiger partial charge in [0.1, 0.15) is 5.01 Å². The topological polar surface area (TPSA) is 42.0 Å². The average molecular weight is 258 g/mol. The lowest BCUT2D eigenvalue weighted by atomic mass is 10.2. The third kappa shape index (κ3) is 2.29. The number of nitrogens with one attached hydrogen (secondary N) is 1. The van der Waals surface area contributed by atoms with Gasteiger partial charge >= 0.3 is 0 Å². The molecule has 1 aliphatic rings. The molecule has 0 bridgehead atoms. The molecule has 2 aromatic rings. The number of hydrogen-bond acceptors (Lipinski definition) is 3. The van der Waals surface area contributed by atoms with E-state index in [9.17, 15) is 4.79 Å². The molecule has 0 aliphatic heterocycles. The lowest BCUT2D eigenvalue weighted by molar-refractivity contribution is -0.117. The highest BCUT2D eigenvalue weighted by Gasteiger charge is 2.38. The zero-order chi connectivity index (χ0) is 12.5. The normalized spacial score (nSPS) is 21.6. The number of aromatic nitrogens is 1. The molecule has 1 amide bonds. The first-order valence-corrected chi connectivity index (χ1v) is 6.93. The molecule has 3 nitrogen and oxygen atoms in total. The number of hydrogen-bond donors (Lipinski definition) is 1. The van der Waals surface area contributed by atoms with E-state index < -0.39 is 0 Å². The van der Waals surface area contributed by atoms with Gasteiger partial charge in [0.05, 0.1) is 0 Å². The number of amides is 1. The first kappa shape index (κ1) is 11.4. The van der Waals surface area contributed by atoms with Crippen LogP contribution in [0.2, 0.25) is 0 Å². The SMILES string of the molecule is CC1CC1C(=O)Nc1ccc(-c2nccs2)cc1. The zero-order valence-corrected chi connectivity index (χ0v) is 10.9. The first-order chi connectivity index (χ1) is 8.74. The van der Waals surface area contributed by atoms with Crippen molar-refractivity contribution in [2.75, 3.05) is 5.32 Å². The van der Waals surface area contributed by atoms with Crippen molar-refractivity contribution in [1.82, 2.24) is 4.98 Å². The Balaban J connectivity index is 1.69. The van der Waals surface area contributed by atoms with E-state index in [2.05, 4.69) is 17.2 Å². The molecule has 1 aromatic heterocycles. The number of thiazole rings is 1. The minimum atomic E-state index is 0.143. The molecular formula is C14H14N2OS. The predicted octanol–water partition coefficient (Wildman–Crippen LogP) is 3.40. The summed E-state index contributed by atoms with van der Waals surface area (Å²) in [6.45, 7) is 2.11. The monoisotopic (exact) mass is 258 g/mol. The summed E-state index contributed by atoms with van der Waals surface area (Å²) in [5, 5.41) is 5.91. The molecule has 0 radical (unpaired) electrons. The second-order valence-corrected chi connectivity index (χ2v) is 5.62. The minimum absolute atomic E-state index is 0.143. The highest BCUT2D eigenvalue weighted by Crippen LogP contribution is 2.38. The number of carbonyl (C=O) groups excluding carboxylic acids is 1. The molecule has 1 fully saturated rings. The summed E-state index contributed by atoms with van der Waals surface area (Å²) in [4.78, 5) is 16.0. The van der Waals surface area contributed by atoms with Crippen LogP contribution in [0.1, 0.15) is 13.3 Å². The van der Waals surface area contributed by atoms with E-state index in [-0.39, 0.29) is 11.8 Å². The Morgan fingerprint density at radius 3 is 2.67 bits per heavy atom. The fourth-order valence-corrected chi connectivity index (χ4v) is 2.63. The third-order valence-electron chi connectivity index (χ3n) is 3.28. The Morgan fingerprint density at radius 1 is 1.39 bits per heavy atom. The van der Waals surface area contributed by atoms with E-state index >= 15 is 0 Å². The largest absolute Gasteiger partial charge is 0.326 e. The molecule has 92 valence electrons. The van der Waals surface area contributed by atoms with E-state index in [4.69, 9.17) is 0 Å². The molecule has 2 atom stereocenters. The third-order valence-corrected chi connectivity index (χ3v) is 4.10. The van der Waals surface area contributed by atoms with Crippen molar-refractivity contribution in [3.05, 3.63) is 35.8 Å². The number of rotatable bonds is 3. The summed E-state index contributed by atoms with van der Waals surface area (Å²) in [6.07, 6.45) is 2.81.